The summed E-state index contributed by atoms with van der Waals surface area (Å²) in [6.07, 6.45) is 12.9. The molecule has 2 aliphatic rings. The van der Waals surface area contributed by atoms with Crippen molar-refractivity contribution in [2.24, 2.45) is 5.92 Å². The summed E-state index contributed by atoms with van der Waals surface area (Å²) in [6, 6.07) is 20.6. The van der Waals surface area contributed by atoms with Gasteiger partial charge in [0.25, 0.3) is 0 Å². The molecule has 1 unspecified atom stereocenters. The van der Waals surface area contributed by atoms with E-state index in [4.69, 9.17) is 0 Å². The van der Waals surface area contributed by atoms with Crippen LogP contribution in [0.1, 0.15) is 24.1 Å². The van der Waals surface area contributed by atoms with Gasteiger partial charge < -0.3 is 10.2 Å². The fourth-order valence-electron chi connectivity index (χ4n) is 4.34. The fraction of sp³-hybridized carbons (Fsp3) is 0.296. The van der Waals surface area contributed by atoms with Crippen molar-refractivity contribution >= 4 is 6.03 Å². The third-order valence-electron chi connectivity index (χ3n) is 6.27. The highest BCUT2D eigenvalue weighted by Gasteiger charge is 2.28. The Bertz CT molecular complexity index is 872. The van der Waals surface area contributed by atoms with Gasteiger partial charge in [0.1, 0.15) is 0 Å². The zero-order chi connectivity index (χ0) is 21.5. The van der Waals surface area contributed by atoms with E-state index in [9.17, 15) is 4.79 Å². The van der Waals surface area contributed by atoms with Crippen LogP contribution in [0.4, 0.5) is 4.79 Å². The number of piperazine rings is 1. The zero-order valence-corrected chi connectivity index (χ0v) is 18.1. The highest BCUT2D eigenvalue weighted by atomic mass is 16.2. The maximum atomic E-state index is 13.1. The molecular formula is C27H31N3O. The second kappa shape index (κ2) is 10.3. The average Bonchev–Trinajstić information content (AvgIpc) is 3.13. The van der Waals surface area contributed by atoms with Crippen LogP contribution >= 0.6 is 0 Å². The molecule has 1 N–H and O–H groups in total. The van der Waals surface area contributed by atoms with Gasteiger partial charge in [-0.05, 0) is 18.1 Å². The minimum Gasteiger partial charge on any atom is -0.327 e. The van der Waals surface area contributed by atoms with Crippen LogP contribution in [0.3, 0.4) is 0 Å². The quantitative estimate of drug-likeness (QED) is 0.765. The number of urea groups is 1. The Kier molecular flexibility index (Phi) is 7.00. The smallest absolute Gasteiger partial charge is 0.318 e. The molecule has 4 nitrogen and oxygen atoms in total. The maximum absolute atomic E-state index is 13.1. The van der Waals surface area contributed by atoms with Gasteiger partial charge >= 0.3 is 6.03 Å². The lowest BCUT2D eigenvalue weighted by molar-refractivity contribution is 0.104. The van der Waals surface area contributed by atoms with Crippen LogP contribution in [-0.2, 0) is 0 Å². The number of hydrogen-bond donors (Lipinski definition) is 1. The Balaban J connectivity index is 1.38. The van der Waals surface area contributed by atoms with E-state index in [2.05, 4.69) is 77.9 Å². The Morgan fingerprint density at radius 2 is 1.32 bits per heavy atom. The van der Waals surface area contributed by atoms with Gasteiger partial charge in [0.05, 0.1) is 6.04 Å². The van der Waals surface area contributed by atoms with Crippen molar-refractivity contribution in [3.63, 3.8) is 0 Å². The van der Waals surface area contributed by atoms with Crippen LogP contribution in [0.15, 0.2) is 97.1 Å². The molecule has 0 spiro atoms. The number of hydrogen-bond acceptors (Lipinski definition) is 2. The Morgan fingerprint density at radius 1 is 0.806 bits per heavy atom. The SMILES string of the molecule is CC(C1C=CC=CC=C1)N1CCN(C(=O)NC(c2ccccc2)c2ccccc2)CC1. The van der Waals surface area contributed by atoms with Crippen LogP contribution in [0.5, 0.6) is 0 Å². The summed E-state index contributed by atoms with van der Waals surface area (Å²) in [6.45, 7) is 5.54. The number of allylic oxidation sites excluding steroid dienone is 4. The van der Waals surface area contributed by atoms with Crippen LogP contribution in [-0.4, -0.2) is 48.1 Å². The van der Waals surface area contributed by atoms with Crippen LogP contribution < -0.4 is 5.32 Å². The van der Waals surface area contributed by atoms with Crippen molar-refractivity contribution in [1.29, 1.82) is 0 Å². The van der Waals surface area contributed by atoms with Crippen molar-refractivity contribution in [2.45, 2.75) is 19.0 Å². The average molecular weight is 414 g/mol. The van der Waals surface area contributed by atoms with E-state index >= 15 is 0 Å². The molecule has 2 aromatic carbocycles. The van der Waals surface area contributed by atoms with Gasteiger partial charge in [0.15, 0.2) is 0 Å². The van der Waals surface area contributed by atoms with Gasteiger partial charge in [0, 0.05) is 38.1 Å². The molecule has 4 heteroatoms. The van der Waals surface area contributed by atoms with Gasteiger partial charge in [0.2, 0.25) is 0 Å². The molecule has 1 atom stereocenters. The second-order valence-corrected chi connectivity index (χ2v) is 8.20. The number of benzene rings is 2. The lowest BCUT2D eigenvalue weighted by atomic mass is 9.98. The standard InChI is InChI=1S/C27H31N3O/c1-22(23-12-6-2-3-7-13-23)29-18-20-30(21-19-29)27(31)28-26(24-14-8-4-9-15-24)25-16-10-5-11-17-25/h2-17,22-23,26H,18-21H2,1H3,(H,28,31). The van der Waals surface area contributed by atoms with E-state index in [-0.39, 0.29) is 12.1 Å². The maximum Gasteiger partial charge on any atom is 0.318 e. The third kappa shape index (κ3) is 5.33. The number of amides is 2. The van der Waals surface area contributed by atoms with Crippen molar-refractivity contribution in [3.8, 4) is 0 Å². The Hall–Kier alpha value is -3.11. The van der Waals surface area contributed by atoms with E-state index in [0.717, 1.165) is 37.3 Å². The molecule has 0 aromatic heterocycles. The highest BCUT2D eigenvalue weighted by Crippen LogP contribution is 2.23. The zero-order valence-electron chi connectivity index (χ0n) is 18.1. The number of carbonyl (C=O) groups excluding carboxylic acids is 1. The largest absolute Gasteiger partial charge is 0.327 e. The van der Waals surface area contributed by atoms with Gasteiger partial charge in [-0.25, -0.2) is 4.79 Å². The molecular weight excluding hydrogens is 382 g/mol. The Morgan fingerprint density at radius 3 is 1.84 bits per heavy atom. The van der Waals surface area contributed by atoms with Crippen LogP contribution in [0.25, 0.3) is 0 Å². The van der Waals surface area contributed by atoms with Crippen molar-refractivity contribution in [3.05, 3.63) is 108 Å². The summed E-state index contributed by atoms with van der Waals surface area (Å²) in [5.74, 6) is 0.399. The van der Waals surface area contributed by atoms with Crippen molar-refractivity contribution in [2.75, 3.05) is 26.2 Å². The molecule has 1 aliphatic carbocycles. The van der Waals surface area contributed by atoms with Crippen LogP contribution in [0, 0.1) is 5.92 Å². The van der Waals surface area contributed by atoms with E-state index in [1.165, 1.54) is 0 Å². The summed E-state index contributed by atoms with van der Waals surface area (Å²) >= 11 is 0. The Labute approximate surface area is 185 Å². The van der Waals surface area contributed by atoms with Gasteiger partial charge in [-0.1, -0.05) is 97.1 Å². The molecule has 2 amide bonds. The molecule has 4 rings (SSSR count). The molecule has 0 saturated carbocycles. The van der Waals surface area contributed by atoms with Gasteiger partial charge in [-0.15, -0.1) is 0 Å². The first-order valence-electron chi connectivity index (χ1n) is 11.1. The van der Waals surface area contributed by atoms with E-state index in [1.807, 2.05) is 41.3 Å². The van der Waals surface area contributed by atoms with E-state index in [1.54, 1.807) is 0 Å². The number of carbonyl (C=O) groups is 1. The minimum atomic E-state index is -0.152. The molecule has 0 radical (unpaired) electrons. The third-order valence-corrected chi connectivity index (χ3v) is 6.27. The number of nitrogens with zero attached hydrogens (tertiary/aromatic N) is 2. The van der Waals surface area contributed by atoms with Crippen molar-refractivity contribution in [1.82, 2.24) is 15.1 Å². The molecule has 1 aliphatic heterocycles. The molecule has 1 saturated heterocycles. The molecule has 31 heavy (non-hydrogen) atoms. The predicted molar refractivity (Wildman–Crippen MR) is 127 cm³/mol. The summed E-state index contributed by atoms with van der Waals surface area (Å²) in [4.78, 5) is 17.6. The lowest BCUT2D eigenvalue weighted by Crippen LogP contribution is -2.55. The first-order valence-corrected chi connectivity index (χ1v) is 11.1. The molecule has 160 valence electrons. The van der Waals surface area contributed by atoms with E-state index < -0.39 is 0 Å². The second-order valence-electron chi connectivity index (χ2n) is 8.20. The summed E-state index contributed by atoms with van der Waals surface area (Å²) in [7, 11) is 0. The normalized spacial score (nSPS) is 18.2. The molecule has 2 aromatic rings. The summed E-state index contributed by atoms with van der Waals surface area (Å²) in [5.41, 5.74) is 2.18. The summed E-state index contributed by atoms with van der Waals surface area (Å²) < 4.78 is 0. The molecule has 1 fully saturated rings. The predicted octanol–water partition coefficient (Wildman–Crippen LogP) is 4.79. The van der Waals surface area contributed by atoms with Gasteiger partial charge in [-0.2, -0.15) is 0 Å². The van der Waals surface area contributed by atoms with Crippen molar-refractivity contribution < 1.29 is 4.79 Å². The first kappa shape index (κ1) is 21.1. The summed E-state index contributed by atoms with van der Waals surface area (Å²) in [5, 5.41) is 3.27. The number of rotatable bonds is 5. The minimum absolute atomic E-state index is 0.00321. The lowest BCUT2D eigenvalue weighted by Gasteiger charge is -2.40. The van der Waals surface area contributed by atoms with Crippen LogP contribution in [0.2, 0.25) is 0 Å². The van der Waals surface area contributed by atoms with Gasteiger partial charge in [-0.3, -0.25) is 4.90 Å². The molecule has 1 heterocycles. The number of nitrogens with one attached hydrogen (secondary N) is 1. The first-order chi connectivity index (χ1) is 15.2. The molecule has 0 bridgehead atoms. The fourth-order valence-corrected chi connectivity index (χ4v) is 4.34. The topological polar surface area (TPSA) is 35.6 Å². The monoisotopic (exact) mass is 413 g/mol. The highest BCUT2D eigenvalue weighted by molar-refractivity contribution is 5.75. The van der Waals surface area contributed by atoms with E-state index in [0.29, 0.717) is 12.0 Å².